The minimum Gasteiger partial charge on any atom is -0.497 e. The van der Waals surface area contributed by atoms with Crippen molar-refractivity contribution >= 4 is 17.6 Å². The molecule has 5 nitrogen and oxygen atoms in total. The van der Waals surface area contributed by atoms with Crippen LogP contribution in [0.25, 0.3) is 0 Å². The number of aromatic nitrogens is 1. The van der Waals surface area contributed by atoms with E-state index in [2.05, 4.69) is 10.3 Å². The van der Waals surface area contributed by atoms with E-state index < -0.39 is 0 Å². The third-order valence-electron chi connectivity index (χ3n) is 4.00. The Labute approximate surface area is 147 Å². The van der Waals surface area contributed by atoms with E-state index in [4.69, 9.17) is 16.3 Å². The molecule has 0 spiro atoms. The van der Waals surface area contributed by atoms with Crippen molar-refractivity contribution in [2.45, 2.75) is 19.4 Å². The minimum absolute atomic E-state index is 0.0525. The number of halogens is 1. The largest absolute Gasteiger partial charge is 0.497 e. The van der Waals surface area contributed by atoms with Crippen molar-refractivity contribution < 1.29 is 9.53 Å². The summed E-state index contributed by atoms with van der Waals surface area (Å²) in [4.78, 5) is 18.0. The third-order valence-corrected chi connectivity index (χ3v) is 4.35. The van der Waals surface area contributed by atoms with Crippen LogP contribution in [0.2, 0.25) is 5.02 Å². The summed E-state index contributed by atoms with van der Waals surface area (Å²) in [6, 6.07) is 9.19. The van der Waals surface area contributed by atoms with E-state index in [9.17, 15) is 4.79 Å². The molecule has 1 aromatic heterocycles. The number of hydrogen-bond acceptors (Lipinski definition) is 3. The molecule has 0 unspecified atom stereocenters. The first-order valence-electron chi connectivity index (χ1n) is 7.76. The Morgan fingerprint density at radius 3 is 2.83 bits per heavy atom. The lowest BCUT2D eigenvalue weighted by Crippen LogP contribution is -2.39. The van der Waals surface area contributed by atoms with E-state index in [1.807, 2.05) is 31.2 Å². The van der Waals surface area contributed by atoms with Gasteiger partial charge in [0, 0.05) is 31.0 Å². The van der Waals surface area contributed by atoms with Crippen LogP contribution < -0.4 is 10.1 Å². The Bertz CT molecular complexity index is 679. The van der Waals surface area contributed by atoms with Crippen LogP contribution >= 0.6 is 11.6 Å². The molecule has 0 radical (unpaired) electrons. The van der Waals surface area contributed by atoms with Gasteiger partial charge in [-0.3, -0.25) is 4.98 Å². The predicted octanol–water partition coefficient (Wildman–Crippen LogP) is 3.69. The number of pyridine rings is 1. The van der Waals surface area contributed by atoms with Crippen LogP contribution in [-0.2, 0) is 6.42 Å². The predicted molar refractivity (Wildman–Crippen MR) is 95.5 cm³/mol. The normalized spacial score (nSPS) is 11.7. The fraction of sp³-hybridized carbons (Fsp3) is 0.333. The van der Waals surface area contributed by atoms with Gasteiger partial charge in [-0.25, -0.2) is 4.79 Å². The molecule has 1 heterocycles. The van der Waals surface area contributed by atoms with Gasteiger partial charge in [0.15, 0.2) is 0 Å². The second kappa shape index (κ2) is 8.55. The van der Waals surface area contributed by atoms with Gasteiger partial charge in [0.05, 0.1) is 13.2 Å². The number of ether oxygens (including phenoxy) is 1. The summed E-state index contributed by atoms with van der Waals surface area (Å²) < 4.78 is 5.13. The van der Waals surface area contributed by atoms with Gasteiger partial charge in [-0.1, -0.05) is 23.7 Å². The van der Waals surface area contributed by atoms with E-state index in [1.165, 1.54) is 0 Å². The van der Waals surface area contributed by atoms with E-state index >= 15 is 0 Å². The number of rotatable bonds is 6. The van der Waals surface area contributed by atoms with Crippen LogP contribution in [0.3, 0.4) is 0 Å². The molecule has 0 aliphatic carbocycles. The Balaban J connectivity index is 1.86. The third kappa shape index (κ3) is 4.61. The standard InChI is InChI=1S/C18H22ClN3O2/c1-13(15-5-4-9-20-12-15)22(2)18(23)21-10-8-14-6-7-16(24-3)11-17(14)19/h4-7,9,11-13H,8,10H2,1-3H3,(H,21,23)/t13-/m0/s1. The van der Waals surface area contributed by atoms with Gasteiger partial charge in [-0.2, -0.15) is 0 Å². The first-order valence-corrected chi connectivity index (χ1v) is 8.13. The quantitative estimate of drug-likeness (QED) is 0.867. The summed E-state index contributed by atoms with van der Waals surface area (Å²) in [6.45, 7) is 2.48. The molecular weight excluding hydrogens is 326 g/mol. The van der Waals surface area contributed by atoms with Gasteiger partial charge in [0.25, 0.3) is 0 Å². The molecule has 1 aromatic carbocycles. The smallest absolute Gasteiger partial charge is 0.317 e. The van der Waals surface area contributed by atoms with Gasteiger partial charge in [0.1, 0.15) is 5.75 Å². The first-order chi connectivity index (χ1) is 11.5. The van der Waals surface area contributed by atoms with E-state index in [0.29, 0.717) is 18.0 Å². The summed E-state index contributed by atoms with van der Waals surface area (Å²) in [5.41, 5.74) is 1.97. The average molecular weight is 348 g/mol. The van der Waals surface area contributed by atoms with Crippen LogP contribution in [0, 0.1) is 0 Å². The van der Waals surface area contributed by atoms with Gasteiger partial charge >= 0.3 is 6.03 Å². The van der Waals surface area contributed by atoms with E-state index in [-0.39, 0.29) is 12.1 Å². The maximum absolute atomic E-state index is 12.3. The van der Waals surface area contributed by atoms with Crippen molar-refractivity contribution in [3.05, 3.63) is 58.9 Å². The second-order valence-corrected chi connectivity index (χ2v) is 5.92. The fourth-order valence-corrected chi connectivity index (χ4v) is 2.57. The Morgan fingerprint density at radius 2 is 2.21 bits per heavy atom. The second-order valence-electron chi connectivity index (χ2n) is 5.51. The lowest BCUT2D eigenvalue weighted by Gasteiger charge is -2.25. The van der Waals surface area contributed by atoms with Crippen molar-refractivity contribution in [3.63, 3.8) is 0 Å². The Hall–Kier alpha value is -2.27. The maximum Gasteiger partial charge on any atom is 0.317 e. The number of urea groups is 1. The highest BCUT2D eigenvalue weighted by molar-refractivity contribution is 6.31. The first kappa shape index (κ1) is 18.1. The van der Waals surface area contributed by atoms with Crippen molar-refractivity contribution in [3.8, 4) is 5.75 Å². The fourth-order valence-electron chi connectivity index (χ4n) is 2.31. The molecule has 1 N–H and O–H groups in total. The molecule has 0 saturated heterocycles. The van der Waals surface area contributed by atoms with Crippen molar-refractivity contribution in [1.29, 1.82) is 0 Å². The number of carbonyl (C=O) groups is 1. The van der Waals surface area contributed by atoms with Crippen LogP contribution in [0.15, 0.2) is 42.7 Å². The number of methoxy groups -OCH3 is 1. The van der Waals surface area contributed by atoms with Crippen LogP contribution in [0.5, 0.6) is 5.75 Å². The molecule has 6 heteroatoms. The van der Waals surface area contributed by atoms with Gasteiger partial charge in [-0.15, -0.1) is 0 Å². The molecule has 0 aliphatic rings. The maximum atomic E-state index is 12.3. The van der Waals surface area contributed by atoms with Crippen LogP contribution in [-0.4, -0.2) is 36.6 Å². The monoisotopic (exact) mass is 347 g/mol. The Kier molecular flexibility index (Phi) is 6.44. The lowest BCUT2D eigenvalue weighted by atomic mass is 10.1. The number of amides is 2. The number of benzene rings is 1. The zero-order valence-corrected chi connectivity index (χ0v) is 14.9. The van der Waals surface area contributed by atoms with Crippen molar-refractivity contribution in [2.24, 2.45) is 0 Å². The highest BCUT2D eigenvalue weighted by atomic mass is 35.5. The zero-order valence-electron chi connectivity index (χ0n) is 14.1. The number of carbonyl (C=O) groups excluding carboxylic acids is 1. The molecule has 2 aromatic rings. The Morgan fingerprint density at radius 1 is 1.42 bits per heavy atom. The molecule has 0 aliphatic heterocycles. The molecule has 0 saturated carbocycles. The number of nitrogens with one attached hydrogen (secondary N) is 1. The van der Waals surface area contributed by atoms with E-state index in [0.717, 1.165) is 16.9 Å². The molecule has 128 valence electrons. The van der Waals surface area contributed by atoms with Gasteiger partial charge in [0.2, 0.25) is 0 Å². The summed E-state index contributed by atoms with van der Waals surface area (Å²) in [6.07, 6.45) is 4.14. The molecule has 1 atom stereocenters. The highest BCUT2D eigenvalue weighted by Crippen LogP contribution is 2.22. The van der Waals surface area contributed by atoms with Crippen LogP contribution in [0.1, 0.15) is 24.1 Å². The summed E-state index contributed by atoms with van der Waals surface area (Å²) in [5, 5.41) is 3.55. The summed E-state index contributed by atoms with van der Waals surface area (Å²) in [7, 11) is 3.37. The summed E-state index contributed by atoms with van der Waals surface area (Å²) in [5.74, 6) is 0.720. The lowest BCUT2D eigenvalue weighted by molar-refractivity contribution is 0.194. The van der Waals surface area contributed by atoms with Gasteiger partial charge in [-0.05, 0) is 42.7 Å². The van der Waals surface area contributed by atoms with Crippen LogP contribution in [0.4, 0.5) is 4.79 Å². The van der Waals surface area contributed by atoms with Gasteiger partial charge < -0.3 is 15.0 Å². The summed E-state index contributed by atoms with van der Waals surface area (Å²) >= 11 is 6.21. The highest BCUT2D eigenvalue weighted by Gasteiger charge is 2.17. The zero-order chi connectivity index (χ0) is 17.5. The van der Waals surface area contributed by atoms with Crippen molar-refractivity contribution in [2.75, 3.05) is 20.7 Å². The minimum atomic E-state index is -0.129. The molecule has 24 heavy (non-hydrogen) atoms. The molecule has 2 amide bonds. The molecule has 0 bridgehead atoms. The van der Waals surface area contributed by atoms with E-state index in [1.54, 1.807) is 37.5 Å². The molecule has 0 fully saturated rings. The number of hydrogen-bond donors (Lipinski definition) is 1. The average Bonchev–Trinajstić information content (AvgIpc) is 2.62. The van der Waals surface area contributed by atoms with Crippen molar-refractivity contribution in [1.82, 2.24) is 15.2 Å². The topological polar surface area (TPSA) is 54.5 Å². The number of nitrogens with zero attached hydrogens (tertiary/aromatic N) is 2. The molecule has 2 rings (SSSR count). The SMILES string of the molecule is COc1ccc(CCNC(=O)N(C)[C@@H](C)c2cccnc2)c(Cl)c1. The molecular formula is C18H22ClN3O2.